The summed E-state index contributed by atoms with van der Waals surface area (Å²) in [6, 6.07) is 7.77. The fourth-order valence-corrected chi connectivity index (χ4v) is 1.58. The first-order valence-electron chi connectivity index (χ1n) is 5.71. The summed E-state index contributed by atoms with van der Waals surface area (Å²) in [6.07, 6.45) is 1.61. The van der Waals surface area contributed by atoms with E-state index in [1.807, 2.05) is 31.2 Å². The third-order valence-electron chi connectivity index (χ3n) is 2.51. The summed E-state index contributed by atoms with van der Waals surface area (Å²) >= 11 is 0. The second-order valence-corrected chi connectivity index (χ2v) is 3.93. The van der Waals surface area contributed by atoms with Crippen molar-refractivity contribution in [2.45, 2.75) is 13.8 Å². The fourth-order valence-electron chi connectivity index (χ4n) is 1.58. The van der Waals surface area contributed by atoms with E-state index in [4.69, 9.17) is 10.5 Å². The number of hydrogen-bond donors (Lipinski definition) is 1. The Labute approximate surface area is 117 Å². The van der Waals surface area contributed by atoms with E-state index in [1.165, 1.54) is 0 Å². The molecule has 1 aromatic heterocycles. The molecule has 0 saturated carbocycles. The topological polar surface area (TPSA) is 70.1 Å². The molecule has 0 bridgehead atoms. The van der Waals surface area contributed by atoms with Crippen molar-refractivity contribution in [3.63, 3.8) is 0 Å². The van der Waals surface area contributed by atoms with Gasteiger partial charge in [-0.25, -0.2) is 9.48 Å². The summed E-state index contributed by atoms with van der Waals surface area (Å²) in [5, 5.41) is 4.15. The number of carbonyl (C=O) groups is 1. The number of nitrogen functional groups attached to an aromatic ring is 1. The lowest BCUT2D eigenvalue weighted by atomic mass is 10.2. The molecule has 6 heteroatoms. The minimum Gasteiger partial charge on any atom is -0.461 e. The van der Waals surface area contributed by atoms with Crippen LogP contribution < -0.4 is 5.73 Å². The number of ether oxygens (including phenoxy) is 1. The van der Waals surface area contributed by atoms with Crippen LogP contribution in [-0.2, 0) is 4.74 Å². The summed E-state index contributed by atoms with van der Waals surface area (Å²) in [5.41, 5.74) is 8.23. The number of benzene rings is 1. The molecule has 0 aliphatic rings. The number of aryl methyl sites for hydroxylation is 1. The van der Waals surface area contributed by atoms with Crippen LogP contribution >= 0.6 is 12.4 Å². The number of carbonyl (C=O) groups excluding carboxylic acids is 1. The summed E-state index contributed by atoms with van der Waals surface area (Å²) in [4.78, 5) is 11.6. The number of hydrogen-bond acceptors (Lipinski definition) is 4. The average Bonchev–Trinajstić information content (AvgIpc) is 2.72. The van der Waals surface area contributed by atoms with E-state index in [0.717, 1.165) is 11.3 Å². The Morgan fingerprint density at radius 2 is 2.00 bits per heavy atom. The van der Waals surface area contributed by atoms with Crippen LogP contribution in [0.5, 0.6) is 0 Å². The number of rotatable bonds is 3. The molecule has 0 saturated heterocycles. The number of esters is 1. The van der Waals surface area contributed by atoms with Gasteiger partial charge in [0.15, 0.2) is 5.69 Å². The van der Waals surface area contributed by atoms with Gasteiger partial charge in [-0.15, -0.1) is 12.4 Å². The van der Waals surface area contributed by atoms with Crippen molar-refractivity contribution in [1.29, 1.82) is 0 Å². The van der Waals surface area contributed by atoms with Gasteiger partial charge in [0.05, 0.1) is 24.2 Å². The minimum absolute atomic E-state index is 0. The number of anilines is 1. The van der Waals surface area contributed by atoms with E-state index < -0.39 is 5.97 Å². The first-order chi connectivity index (χ1) is 8.61. The SMILES string of the molecule is CCOC(=O)c1nn(-c2ccc(C)cc2)cc1N.Cl. The summed E-state index contributed by atoms with van der Waals surface area (Å²) < 4.78 is 6.45. The van der Waals surface area contributed by atoms with Crippen molar-refractivity contribution < 1.29 is 9.53 Å². The smallest absolute Gasteiger partial charge is 0.361 e. The van der Waals surface area contributed by atoms with Crippen molar-refractivity contribution in [3.8, 4) is 5.69 Å². The van der Waals surface area contributed by atoms with Gasteiger partial charge in [0.2, 0.25) is 0 Å². The maximum absolute atomic E-state index is 11.6. The Kier molecular flexibility index (Phi) is 4.94. The molecule has 0 unspecified atom stereocenters. The van der Waals surface area contributed by atoms with Crippen molar-refractivity contribution in [2.75, 3.05) is 12.3 Å². The lowest BCUT2D eigenvalue weighted by molar-refractivity contribution is 0.0520. The van der Waals surface area contributed by atoms with E-state index in [-0.39, 0.29) is 18.1 Å². The number of nitrogens with two attached hydrogens (primary N) is 1. The van der Waals surface area contributed by atoms with Gasteiger partial charge < -0.3 is 10.5 Å². The molecular formula is C13H16ClN3O2. The van der Waals surface area contributed by atoms with Crippen LogP contribution in [-0.4, -0.2) is 22.4 Å². The molecular weight excluding hydrogens is 266 g/mol. The molecule has 5 nitrogen and oxygen atoms in total. The van der Waals surface area contributed by atoms with Crippen molar-refractivity contribution in [1.82, 2.24) is 9.78 Å². The Morgan fingerprint density at radius 1 is 1.37 bits per heavy atom. The van der Waals surface area contributed by atoms with Gasteiger partial charge in [0.1, 0.15) is 0 Å². The average molecular weight is 282 g/mol. The quantitative estimate of drug-likeness (QED) is 0.877. The van der Waals surface area contributed by atoms with Crippen LogP contribution in [0.2, 0.25) is 0 Å². The normalized spacial score (nSPS) is 9.79. The van der Waals surface area contributed by atoms with E-state index in [0.29, 0.717) is 12.3 Å². The van der Waals surface area contributed by atoms with E-state index in [9.17, 15) is 4.79 Å². The molecule has 0 aliphatic carbocycles. The Hall–Kier alpha value is -2.01. The molecule has 19 heavy (non-hydrogen) atoms. The molecule has 1 aromatic carbocycles. The van der Waals surface area contributed by atoms with Gasteiger partial charge >= 0.3 is 5.97 Å². The molecule has 0 aliphatic heterocycles. The fraction of sp³-hybridized carbons (Fsp3) is 0.231. The first-order valence-corrected chi connectivity index (χ1v) is 5.71. The standard InChI is InChI=1S/C13H15N3O2.ClH/c1-3-18-13(17)12-11(14)8-16(15-12)10-6-4-9(2)5-7-10;/h4-8H,3,14H2,1-2H3;1H. The highest BCUT2D eigenvalue weighted by Crippen LogP contribution is 2.15. The van der Waals surface area contributed by atoms with Gasteiger partial charge in [-0.3, -0.25) is 0 Å². The van der Waals surface area contributed by atoms with Gasteiger partial charge in [-0.2, -0.15) is 5.10 Å². The molecule has 0 fully saturated rings. The van der Waals surface area contributed by atoms with Crippen LogP contribution in [0.15, 0.2) is 30.5 Å². The molecule has 0 amide bonds. The van der Waals surface area contributed by atoms with Gasteiger partial charge in [-0.1, -0.05) is 17.7 Å². The van der Waals surface area contributed by atoms with E-state index in [1.54, 1.807) is 17.8 Å². The zero-order chi connectivity index (χ0) is 13.1. The molecule has 1 heterocycles. The second kappa shape index (κ2) is 6.24. The van der Waals surface area contributed by atoms with Crippen LogP contribution in [0, 0.1) is 6.92 Å². The van der Waals surface area contributed by atoms with Crippen LogP contribution in [0.1, 0.15) is 23.0 Å². The minimum atomic E-state index is -0.499. The van der Waals surface area contributed by atoms with E-state index in [2.05, 4.69) is 5.10 Å². The van der Waals surface area contributed by atoms with Crippen LogP contribution in [0.4, 0.5) is 5.69 Å². The zero-order valence-corrected chi connectivity index (χ0v) is 11.6. The van der Waals surface area contributed by atoms with Crippen molar-refractivity contribution >= 4 is 24.1 Å². The predicted molar refractivity (Wildman–Crippen MR) is 75.9 cm³/mol. The van der Waals surface area contributed by atoms with Crippen molar-refractivity contribution in [3.05, 3.63) is 41.7 Å². The first kappa shape index (κ1) is 15.0. The second-order valence-electron chi connectivity index (χ2n) is 3.93. The molecule has 2 aromatic rings. The maximum Gasteiger partial charge on any atom is 0.361 e. The highest BCUT2D eigenvalue weighted by molar-refractivity contribution is 5.92. The highest BCUT2D eigenvalue weighted by atomic mass is 35.5. The summed E-state index contributed by atoms with van der Waals surface area (Å²) in [5.74, 6) is -0.499. The third-order valence-corrected chi connectivity index (χ3v) is 2.51. The highest BCUT2D eigenvalue weighted by Gasteiger charge is 2.16. The number of aromatic nitrogens is 2. The summed E-state index contributed by atoms with van der Waals surface area (Å²) in [6.45, 7) is 4.05. The van der Waals surface area contributed by atoms with E-state index >= 15 is 0 Å². The van der Waals surface area contributed by atoms with Gasteiger partial charge in [0.25, 0.3) is 0 Å². The number of nitrogens with zero attached hydrogens (tertiary/aromatic N) is 2. The van der Waals surface area contributed by atoms with Gasteiger partial charge in [-0.05, 0) is 26.0 Å². The Bertz CT molecular complexity index is 564. The van der Waals surface area contributed by atoms with Crippen LogP contribution in [0.25, 0.3) is 5.69 Å². The third kappa shape index (κ3) is 3.26. The Morgan fingerprint density at radius 3 is 2.58 bits per heavy atom. The Balaban J connectivity index is 0.00000180. The molecule has 2 rings (SSSR count). The van der Waals surface area contributed by atoms with Crippen molar-refractivity contribution in [2.24, 2.45) is 0 Å². The molecule has 0 radical (unpaired) electrons. The predicted octanol–water partition coefficient (Wildman–Crippen LogP) is 2.36. The molecule has 0 spiro atoms. The van der Waals surface area contributed by atoms with Gasteiger partial charge in [0, 0.05) is 0 Å². The summed E-state index contributed by atoms with van der Waals surface area (Å²) in [7, 11) is 0. The zero-order valence-electron chi connectivity index (χ0n) is 10.8. The lowest BCUT2D eigenvalue weighted by Gasteiger charge is -2.01. The maximum atomic E-state index is 11.6. The molecule has 2 N–H and O–H groups in total. The lowest BCUT2D eigenvalue weighted by Crippen LogP contribution is -2.08. The van der Waals surface area contributed by atoms with Crippen LogP contribution in [0.3, 0.4) is 0 Å². The monoisotopic (exact) mass is 281 g/mol. The molecule has 0 atom stereocenters. The number of halogens is 1. The molecule has 102 valence electrons. The largest absolute Gasteiger partial charge is 0.461 e.